The van der Waals surface area contributed by atoms with Gasteiger partial charge in [0.1, 0.15) is 18.1 Å². The molecule has 0 aliphatic carbocycles. The summed E-state index contributed by atoms with van der Waals surface area (Å²) >= 11 is 0. The molecule has 1 aromatic carbocycles. The number of amides is 3. The van der Waals surface area contributed by atoms with Gasteiger partial charge in [-0.25, -0.2) is 4.79 Å². The highest BCUT2D eigenvalue weighted by Crippen LogP contribution is 2.19. The van der Waals surface area contributed by atoms with Crippen molar-refractivity contribution in [2.75, 3.05) is 0 Å². The number of primary amides is 1. The summed E-state index contributed by atoms with van der Waals surface area (Å²) in [7, 11) is 0. The van der Waals surface area contributed by atoms with Crippen LogP contribution in [0.4, 0.5) is 0 Å². The van der Waals surface area contributed by atoms with Crippen molar-refractivity contribution < 1.29 is 29.4 Å². The molecule has 11 heteroatoms. The second-order valence-corrected chi connectivity index (χ2v) is 6.96. The number of aliphatic carboxylic acids is 1. The molecule has 0 unspecified atom stereocenters. The van der Waals surface area contributed by atoms with Crippen LogP contribution in [0.15, 0.2) is 30.5 Å². The fraction of sp³-hybridized carbons (Fsp3) is 0.368. The maximum Gasteiger partial charge on any atom is 0.326 e. The fourth-order valence-electron chi connectivity index (χ4n) is 2.89. The van der Waals surface area contributed by atoms with Crippen molar-refractivity contribution in [1.82, 2.24) is 15.6 Å². The highest BCUT2D eigenvalue weighted by molar-refractivity contribution is 5.94. The Kier molecular flexibility index (Phi) is 7.50. The number of hydrogen-bond acceptors (Lipinski definition) is 6. The van der Waals surface area contributed by atoms with Crippen molar-refractivity contribution in [3.05, 3.63) is 36.0 Å². The van der Waals surface area contributed by atoms with Crippen molar-refractivity contribution in [1.29, 1.82) is 0 Å². The van der Waals surface area contributed by atoms with E-state index in [0.29, 0.717) is 5.56 Å². The van der Waals surface area contributed by atoms with Crippen molar-refractivity contribution in [3.63, 3.8) is 0 Å². The number of nitrogens with one attached hydrogen (secondary N) is 3. The van der Waals surface area contributed by atoms with Gasteiger partial charge >= 0.3 is 5.97 Å². The smallest absolute Gasteiger partial charge is 0.326 e. The van der Waals surface area contributed by atoms with Gasteiger partial charge in [0.25, 0.3) is 0 Å². The molecule has 4 atom stereocenters. The second kappa shape index (κ2) is 9.85. The van der Waals surface area contributed by atoms with E-state index in [1.165, 1.54) is 6.92 Å². The number of carbonyl (C=O) groups is 4. The van der Waals surface area contributed by atoms with Crippen LogP contribution in [0, 0.1) is 0 Å². The number of nitrogens with two attached hydrogens (primary N) is 2. The fourth-order valence-corrected chi connectivity index (χ4v) is 2.89. The molecule has 0 radical (unpaired) electrons. The topological polar surface area (TPSA) is 201 Å². The lowest BCUT2D eigenvalue weighted by atomic mass is 10.0. The van der Waals surface area contributed by atoms with Crippen LogP contribution in [0.5, 0.6) is 0 Å². The van der Waals surface area contributed by atoms with Crippen molar-refractivity contribution in [2.24, 2.45) is 11.5 Å². The zero-order valence-corrected chi connectivity index (χ0v) is 16.3. The van der Waals surface area contributed by atoms with Gasteiger partial charge < -0.3 is 37.3 Å². The lowest BCUT2D eigenvalue weighted by Crippen LogP contribution is -2.57. The number of para-hydroxylation sites is 1. The number of fused-ring (bicyclic) bond motifs is 1. The van der Waals surface area contributed by atoms with Crippen LogP contribution in [0.2, 0.25) is 0 Å². The number of carboxylic acid groups (broad SMARTS) is 1. The van der Waals surface area contributed by atoms with Crippen LogP contribution in [0.25, 0.3) is 10.9 Å². The third-order valence-corrected chi connectivity index (χ3v) is 4.57. The first kappa shape index (κ1) is 22.8. The first-order valence-corrected chi connectivity index (χ1v) is 9.20. The van der Waals surface area contributed by atoms with E-state index >= 15 is 0 Å². The van der Waals surface area contributed by atoms with E-state index in [-0.39, 0.29) is 6.42 Å². The molecule has 0 saturated heterocycles. The Balaban J connectivity index is 2.27. The molecule has 2 rings (SSSR count). The molecular weight excluding hydrogens is 394 g/mol. The maximum atomic E-state index is 12.8. The summed E-state index contributed by atoms with van der Waals surface area (Å²) in [6.07, 6.45) is -0.0912. The van der Waals surface area contributed by atoms with E-state index in [1.54, 1.807) is 6.20 Å². The predicted octanol–water partition coefficient (Wildman–Crippen LogP) is -1.65. The SMILES string of the molecule is C[C@@H](O)[C@H](N)C(=O)N[C@@H](Cc1c[nH]c2ccccc12)C(=O)N[C@@H](CC(N)=O)C(=O)O. The number of aliphatic hydroxyl groups excluding tert-OH is 1. The highest BCUT2D eigenvalue weighted by Gasteiger charge is 2.30. The van der Waals surface area contributed by atoms with Crippen LogP contribution in [0.3, 0.4) is 0 Å². The van der Waals surface area contributed by atoms with E-state index in [0.717, 1.165) is 10.9 Å². The molecule has 0 saturated carbocycles. The minimum atomic E-state index is -1.55. The van der Waals surface area contributed by atoms with Gasteiger partial charge in [0.2, 0.25) is 17.7 Å². The van der Waals surface area contributed by atoms with Crippen LogP contribution in [0.1, 0.15) is 18.9 Å². The van der Waals surface area contributed by atoms with Gasteiger partial charge in [0.05, 0.1) is 12.5 Å². The summed E-state index contributed by atoms with van der Waals surface area (Å²) in [6, 6.07) is 3.25. The molecule has 30 heavy (non-hydrogen) atoms. The first-order valence-electron chi connectivity index (χ1n) is 9.20. The molecule has 0 aliphatic heterocycles. The number of aromatic amines is 1. The van der Waals surface area contributed by atoms with Gasteiger partial charge in [-0.3, -0.25) is 14.4 Å². The molecule has 3 amide bonds. The predicted molar refractivity (Wildman–Crippen MR) is 107 cm³/mol. The lowest BCUT2D eigenvalue weighted by Gasteiger charge is -2.23. The average molecular weight is 419 g/mol. The second-order valence-electron chi connectivity index (χ2n) is 6.96. The van der Waals surface area contributed by atoms with Gasteiger partial charge in [-0.15, -0.1) is 0 Å². The number of benzene rings is 1. The number of aliphatic hydroxyl groups is 1. The molecule has 162 valence electrons. The van der Waals surface area contributed by atoms with Gasteiger partial charge in [-0.05, 0) is 18.6 Å². The normalized spacial score (nSPS) is 15.0. The number of carboxylic acids is 1. The van der Waals surface area contributed by atoms with E-state index in [4.69, 9.17) is 11.5 Å². The number of H-pyrrole nitrogens is 1. The minimum absolute atomic E-state index is 0.0109. The minimum Gasteiger partial charge on any atom is -0.480 e. The molecular formula is C19H25N5O6. The summed E-state index contributed by atoms with van der Waals surface area (Å²) in [5, 5.41) is 24.2. The van der Waals surface area contributed by atoms with E-state index in [2.05, 4.69) is 15.6 Å². The number of hydrogen-bond donors (Lipinski definition) is 7. The van der Waals surface area contributed by atoms with Gasteiger partial charge in [-0.2, -0.15) is 0 Å². The number of rotatable bonds is 10. The summed E-state index contributed by atoms with van der Waals surface area (Å²) in [4.78, 5) is 50.6. The Morgan fingerprint density at radius 1 is 1.10 bits per heavy atom. The van der Waals surface area contributed by atoms with Gasteiger partial charge in [0, 0.05) is 23.5 Å². The summed E-state index contributed by atoms with van der Waals surface area (Å²) in [6.45, 7) is 1.33. The van der Waals surface area contributed by atoms with Crippen LogP contribution in [-0.2, 0) is 25.6 Å². The van der Waals surface area contributed by atoms with Crippen molar-refractivity contribution >= 4 is 34.6 Å². The van der Waals surface area contributed by atoms with Crippen molar-refractivity contribution in [3.8, 4) is 0 Å². The Morgan fingerprint density at radius 2 is 1.73 bits per heavy atom. The Bertz CT molecular complexity index is 940. The molecule has 0 bridgehead atoms. The lowest BCUT2D eigenvalue weighted by molar-refractivity contribution is -0.143. The van der Waals surface area contributed by atoms with Crippen molar-refractivity contribution in [2.45, 2.75) is 44.0 Å². The third-order valence-electron chi connectivity index (χ3n) is 4.57. The molecule has 1 heterocycles. The first-order chi connectivity index (χ1) is 14.1. The molecule has 0 fully saturated rings. The maximum absolute atomic E-state index is 12.8. The Morgan fingerprint density at radius 3 is 2.33 bits per heavy atom. The summed E-state index contributed by atoms with van der Waals surface area (Å²) in [5.41, 5.74) is 12.2. The average Bonchev–Trinajstić information content (AvgIpc) is 3.08. The van der Waals surface area contributed by atoms with Gasteiger partial charge in [0.15, 0.2) is 0 Å². The summed E-state index contributed by atoms with van der Waals surface area (Å²) < 4.78 is 0. The highest BCUT2D eigenvalue weighted by atomic mass is 16.4. The van der Waals surface area contributed by atoms with Crippen LogP contribution >= 0.6 is 0 Å². The molecule has 2 aromatic rings. The number of carbonyl (C=O) groups excluding carboxylic acids is 3. The van der Waals surface area contributed by atoms with E-state index in [9.17, 15) is 29.4 Å². The standard InChI is InChI=1S/C19H25N5O6/c1-9(25)16(21)18(28)23-13(17(27)24-14(19(29)30)7-15(20)26)6-10-8-22-12-5-3-2-4-11(10)12/h2-5,8-9,13-14,16,22,25H,6-7,21H2,1H3,(H2,20,26)(H,23,28)(H,24,27)(H,29,30)/t9-,13+,14+,16+/m1/s1. The number of aromatic nitrogens is 1. The van der Waals surface area contributed by atoms with Crippen LogP contribution in [-0.4, -0.2) is 63.1 Å². The van der Waals surface area contributed by atoms with E-state index in [1.807, 2.05) is 24.3 Å². The Labute approximate surface area is 171 Å². The summed E-state index contributed by atoms with van der Waals surface area (Å²) in [5.74, 6) is -3.97. The van der Waals surface area contributed by atoms with E-state index < -0.39 is 54.3 Å². The van der Waals surface area contributed by atoms with Crippen LogP contribution < -0.4 is 22.1 Å². The molecule has 0 spiro atoms. The Hall–Kier alpha value is -3.44. The largest absolute Gasteiger partial charge is 0.480 e. The monoisotopic (exact) mass is 419 g/mol. The zero-order valence-electron chi connectivity index (χ0n) is 16.3. The molecule has 0 aliphatic rings. The molecule has 9 N–H and O–H groups in total. The molecule has 11 nitrogen and oxygen atoms in total. The zero-order chi connectivity index (χ0) is 22.4. The molecule has 1 aromatic heterocycles. The third kappa shape index (κ3) is 5.78. The quantitative estimate of drug-likeness (QED) is 0.239. The van der Waals surface area contributed by atoms with Gasteiger partial charge in [-0.1, -0.05) is 18.2 Å².